The van der Waals surface area contributed by atoms with E-state index in [0.29, 0.717) is 11.3 Å². The molecule has 0 saturated heterocycles. The summed E-state index contributed by atoms with van der Waals surface area (Å²) in [4.78, 5) is 54.5. The van der Waals surface area contributed by atoms with Gasteiger partial charge in [0, 0.05) is 18.7 Å². The van der Waals surface area contributed by atoms with Gasteiger partial charge in [-0.05, 0) is 24.1 Å². The van der Waals surface area contributed by atoms with Crippen molar-refractivity contribution in [3.05, 3.63) is 86.6 Å². The van der Waals surface area contributed by atoms with Crippen molar-refractivity contribution in [2.24, 2.45) is 0 Å². The highest BCUT2D eigenvalue weighted by molar-refractivity contribution is 6.06. The molecule has 1 atom stereocenters. The molecule has 164 valence electrons. The number of nitrogens with two attached hydrogens (primary N) is 1. The number of carbonyl (C=O) groups is 2. The minimum atomic E-state index is -0.770. The van der Waals surface area contributed by atoms with Crippen LogP contribution in [0.3, 0.4) is 0 Å². The molecular formula is C23H23N5O4. The van der Waals surface area contributed by atoms with Crippen LogP contribution in [0.5, 0.6) is 0 Å². The van der Waals surface area contributed by atoms with Crippen molar-refractivity contribution in [2.45, 2.75) is 25.8 Å². The Bertz CT molecular complexity index is 1300. The largest absolute Gasteiger partial charge is 0.383 e. The first-order valence-electron chi connectivity index (χ1n) is 10.3. The molecule has 2 aromatic carbocycles. The number of fused-ring (bicyclic) bond motifs is 1. The number of para-hydroxylation sites is 1. The molecule has 4 N–H and O–H groups in total. The fourth-order valence-electron chi connectivity index (χ4n) is 4.01. The summed E-state index contributed by atoms with van der Waals surface area (Å²) in [6.07, 6.45) is -0.0478. The first-order chi connectivity index (χ1) is 15.4. The number of carbonyl (C=O) groups excluding carboxylic acids is 2. The predicted molar refractivity (Wildman–Crippen MR) is 122 cm³/mol. The van der Waals surface area contributed by atoms with Crippen LogP contribution < -0.4 is 27.2 Å². The number of aromatic nitrogens is 2. The van der Waals surface area contributed by atoms with Crippen LogP contribution in [0.1, 0.15) is 30.4 Å². The predicted octanol–water partition coefficient (Wildman–Crippen LogP) is 1.65. The minimum Gasteiger partial charge on any atom is -0.383 e. The molecular weight excluding hydrogens is 410 g/mol. The summed E-state index contributed by atoms with van der Waals surface area (Å²) in [6, 6.07) is 16.2. The van der Waals surface area contributed by atoms with Crippen molar-refractivity contribution < 1.29 is 9.59 Å². The number of aromatic amines is 1. The summed E-state index contributed by atoms with van der Waals surface area (Å²) in [6.45, 7) is 1.98. The average Bonchev–Trinajstić information content (AvgIpc) is 2.79. The summed E-state index contributed by atoms with van der Waals surface area (Å²) in [5.74, 6) is -1.59. The second kappa shape index (κ2) is 8.54. The Morgan fingerprint density at radius 1 is 1.09 bits per heavy atom. The van der Waals surface area contributed by atoms with Gasteiger partial charge in [-0.2, -0.15) is 0 Å². The lowest BCUT2D eigenvalue weighted by molar-refractivity contribution is -0.124. The Labute approximate surface area is 183 Å². The molecule has 1 aromatic heterocycles. The zero-order valence-corrected chi connectivity index (χ0v) is 17.5. The Hall–Kier alpha value is -4.14. The van der Waals surface area contributed by atoms with Gasteiger partial charge in [0.15, 0.2) is 5.69 Å². The molecule has 0 fully saturated rings. The van der Waals surface area contributed by atoms with Gasteiger partial charge in [0.2, 0.25) is 11.8 Å². The van der Waals surface area contributed by atoms with Gasteiger partial charge >= 0.3 is 5.69 Å². The molecule has 4 rings (SSSR count). The van der Waals surface area contributed by atoms with E-state index in [2.05, 4.69) is 10.3 Å². The molecule has 0 bridgehead atoms. The summed E-state index contributed by atoms with van der Waals surface area (Å²) >= 11 is 0. The van der Waals surface area contributed by atoms with Crippen LogP contribution in [0.4, 0.5) is 17.2 Å². The molecule has 3 aromatic rings. The van der Waals surface area contributed by atoms with E-state index in [1.807, 2.05) is 30.3 Å². The van der Waals surface area contributed by atoms with Crippen molar-refractivity contribution in [3.8, 4) is 0 Å². The lowest BCUT2D eigenvalue weighted by atomic mass is 9.89. The van der Waals surface area contributed by atoms with Crippen molar-refractivity contribution >= 4 is 29.0 Å². The highest BCUT2D eigenvalue weighted by atomic mass is 16.2. The van der Waals surface area contributed by atoms with Crippen molar-refractivity contribution in [2.75, 3.05) is 22.5 Å². The summed E-state index contributed by atoms with van der Waals surface area (Å²) in [7, 11) is 0. The number of nitrogens with one attached hydrogen (secondary N) is 2. The van der Waals surface area contributed by atoms with Gasteiger partial charge in [0.25, 0.3) is 5.56 Å². The smallest absolute Gasteiger partial charge is 0.330 e. The molecule has 2 heterocycles. The second-order valence-corrected chi connectivity index (χ2v) is 7.54. The van der Waals surface area contributed by atoms with E-state index in [-0.39, 0.29) is 36.9 Å². The molecule has 0 spiro atoms. The van der Waals surface area contributed by atoms with Crippen LogP contribution in [0.15, 0.2) is 64.2 Å². The molecule has 1 aliphatic rings. The zero-order chi connectivity index (χ0) is 22.8. The monoisotopic (exact) mass is 433 g/mol. The van der Waals surface area contributed by atoms with Crippen LogP contribution in [0.2, 0.25) is 0 Å². The minimum absolute atomic E-state index is 0.0478. The molecule has 9 heteroatoms. The topological polar surface area (TPSA) is 130 Å². The fraction of sp³-hybridized carbons (Fsp3) is 0.217. The highest BCUT2D eigenvalue weighted by Crippen LogP contribution is 2.34. The maximum absolute atomic E-state index is 13.5. The van der Waals surface area contributed by atoms with Crippen molar-refractivity contribution in [3.63, 3.8) is 0 Å². The third-order valence-electron chi connectivity index (χ3n) is 5.55. The number of amides is 2. The maximum Gasteiger partial charge on any atom is 0.330 e. The lowest BCUT2D eigenvalue weighted by Gasteiger charge is -2.30. The molecule has 1 aliphatic heterocycles. The second-order valence-electron chi connectivity index (χ2n) is 7.54. The third-order valence-corrected chi connectivity index (χ3v) is 5.55. The highest BCUT2D eigenvalue weighted by Gasteiger charge is 2.35. The van der Waals surface area contributed by atoms with Crippen molar-refractivity contribution in [1.29, 1.82) is 0 Å². The van der Waals surface area contributed by atoms with Crippen LogP contribution in [-0.2, 0) is 16.1 Å². The summed E-state index contributed by atoms with van der Waals surface area (Å²) in [5, 5.41) is 2.76. The number of likely N-dealkylation sites (N-methyl/N-ethyl adjacent to an activating group) is 1. The number of anilines is 3. The third kappa shape index (κ3) is 3.80. The lowest BCUT2D eigenvalue weighted by Crippen LogP contribution is -2.44. The van der Waals surface area contributed by atoms with E-state index < -0.39 is 23.1 Å². The van der Waals surface area contributed by atoms with Crippen LogP contribution >= 0.6 is 0 Å². The van der Waals surface area contributed by atoms with E-state index >= 15 is 0 Å². The Morgan fingerprint density at radius 2 is 1.78 bits per heavy atom. The molecule has 9 nitrogen and oxygen atoms in total. The molecule has 1 unspecified atom stereocenters. The van der Waals surface area contributed by atoms with Crippen molar-refractivity contribution in [1.82, 2.24) is 9.55 Å². The van der Waals surface area contributed by atoms with Gasteiger partial charge in [-0.1, -0.05) is 48.5 Å². The molecule has 0 aliphatic carbocycles. The number of hydrogen-bond donors (Lipinski definition) is 3. The first kappa shape index (κ1) is 21.1. The Morgan fingerprint density at radius 3 is 2.50 bits per heavy atom. The van der Waals surface area contributed by atoms with E-state index in [4.69, 9.17) is 5.73 Å². The van der Waals surface area contributed by atoms with Gasteiger partial charge in [-0.15, -0.1) is 0 Å². The number of hydrogen-bond acceptors (Lipinski definition) is 5. The summed E-state index contributed by atoms with van der Waals surface area (Å²) < 4.78 is 1.23. The van der Waals surface area contributed by atoms with Gasteiger partial charge < -0.3 is 16.0 Å². The van der Waals surface area contributed by atoms with E-state index in [1.165, 1.54) is 9.47 Å². The standard InChI is InChI=1S/C23H23N5O4/c1-2-27(22(31)16-12-18(29)25-17-11-7-6-10-15(16)17)19-20(24)28(23(32)26-21(19)30)13-14-8-4-3-5-9-14/h3-11,16H,2,12-13,24H2,1H3,(H,25,29)(H,26,30,32). The van der Waals surface area contributed by atoms with Crippen LogP contribution in [0, 0.1) is 0 Å². The van der Waals surface area contributed by atoms with E-state index in [1.54, 1.807) is 31.2 Å². The molecule has 32 heavy (non-hydrogen) atoms. The Kier molecular flexibility index (Phi) is 5.63. The van der Waals surface area contributed by atoms with Gasteiger partial charge in [-0.3, -0.25) is 23.9 Å². The van der Waals surface area contributed by atoms with Gasteiger partial charge in [-0.25, -0.2) is 4.79 Å². The SMILES string of the molecule is CCN(C(=O)C1CC(=O)Nc2ccccc21)c1c(N)n(Cc2ccccc2)c(=O)[nH]c1=O. The zero-order valence-electron chi connectivity index (χ0n) is 17.5. The number of H-pyrrole nitrogens is 1. The van der Waals surface area contributed by atoms with Gasteiger partial charge in [0.1, 0.15) is 5.82 Å². The normalized spacial score (nSPS) is 15.0. The number of nitrogen functional groups attached to an aromatic ring is 1. The average molecular weight is 433 g/mol. The molecule has 0 saturated carbocycles. The number of benzene rings is 2. The fourth-order valence-corrected chi connectivity index (χ4v) is 4.01. The Balaban J connectivity index is 1.77. The first-order valence-corrected chi connectivity index (χ1v) is 10.3. The van der Waals surface area contributed by atoms with Crippen LogP contribution in [-0.4, -0.2) is 27.9 Å². The summed E-state index contributed by atoms with van der Waals surface area (Å²) in [5.41, 5.74) is 6.80. The van der Waals surface area contributed by atoms with Crippen LogP contribution in [0.25, 0.3) is 0 Å². The number of nitrogens with zero attached hydrogens (tertiary/aromatic N) is 2. The molecule has 2 amide bonds. The maximum atomic E-state index is 13.5. The van der Waals surface area contributed by atoms with E-state index in [0.717, 1.165) is 5.56 Å². The number of rotatable bonds is 5. The van der Waals surface area contributed by atoms with E-state index in [9.17, 15) is 19.2 Å². The molecule has 0 radical (unpaired) electrons. The quantitative estimate of drug-likeness (QED) is 0.563. The van der Waals surface area contributed by atoms with Gasteiger partial charge in [0.05, 0.1) is 12.5 Å².